The second kappa shape index (κ2) is 8.76. The zero-order chi connectivity index (χ0) is 21.1. The van der Waals surface area contributed by atoms with Gasteiger partial charge in [-0.05, 0) is 49.3 Å². The summed E-state index contributed by atoms with van der Waals surface area (Å²) >= 11 is 0. The van der Waals surface area contributed by atoms with E-state index in [4.69, 9.17) is 4.74 Å². The van der Waals surface area contributed by atoms with E-state index >= 15 is 0 Å². The molecule has 1 atom stereocenters. The van der Waals surface area contributed by atoms with Gasteiger partial charge >= 0.3 is 5.97 Å². The Morgan fingerprint density at radius 3 is 2.59 bits per heavy atom. The number of hydrogen-bond acceptors (Lipinski definition) is 5. The molecule has 1 aromatic carbocycles. The van der Waals surface area contributed by atoms with Crippen LogP contribution in [0.1, 0.15) is 71.1 Å². The monoisotopic (exact) mass is 400 g/mol. The molecule has 1 fully saturated rings. The molecule has 2 aliphatic heterocycles. The zero-order valence-corrected chi connectivity index (χ0v) is 17.3. The predicted octanol–water partition coefficient (Wildman–Crippen LogP) is 2.74. The number of imide groups is 1. The minimum atomic E-state index is -0.674. The minimum absolute atomic E-state index is 0.162. The molecule has 0 unspecified atom stereocenters. The number of likely N-dealkylation sites (tertiary alicyclic amines) is 1. The molecule has 0 aromatic heterocycles. The van der Waals surface area contributed by atoms with Crippen molar-refractivity contribution < 1.29 is 23.9 Å². The van der Waals surface area contributed by atoms with Crippen LogP contribution in [0.2, 0.25) is 0 Å². The fourth-order valence-corrected chi connectivity index (χ4v) is 3.73. The molecule has 1 aromatic rings. The van der Waals surface area contributed by atoms with E-state index in [1.807, 2.05) is 13.8 Å². The smallest absolute Gasteiger partial charge is 0.338 e. The second-order valence-corrected chi connectivity index (χ2v) is 8.37. The number of esters is 1. The van der Waals surface area contributed by atoms with Crippen LogP contribution in [0.5, 0.6) is 0 Å². The van der Waals surface area contributed by atoms with Gasteiger partial charge in [0.05, 0.1) is 16.7 Å². The highest BCUT2D eigenvalue weighted by Gasteiger charge is 2.36. The first-order valence-corrected chi connectivity index (χ1v) is 10.2. The molecular formula is C22H28N2O5. The van der Waals surface area contributed by atoms with Crippen molar-refractivity contribution in [3.63, 3.8) is 0 Å². The first-order chi connectivity index (χ1) is 13.8. The summed E-state index contributed by atoms with van der Waals surface area (Å²) in [6.07, 6.45) is 2.77. The lowest BCUT2D eigenvalue weighted by atomic mass is 10.0. The van der Waals surface area contributed by atoms with E-state index in [1.54, 1.807) is 4.90 Å². The lowest BCUT2D eigenvalue weighted by Crippen LogP contribution is -2.41. The van der Waals surface area contributed by atoms with Gasteiger partial charge in [0, 0.05) is 19.6 Å². The van der Waals surface area contributed by atoms with E-state index in [0.717, 1.165) is 19.3 Å². The van der Waals surface area contributed by atoms with E-state index in [1.165, 1.54) is 23.1 Å². The van der Waals surface area contributed by atoms with Crippen molar-refractivity contribution in [2.24, 2.45) is 11.8 Å². The zero-order valence-electron chi connectivity index (χ0n) is 17.3. The largest absolute Gasteiger partial charge is 0.452 e. The van der Waals surface area contributed by atoms with Crippen LogP contribution in [-0.2, 0) is 9.53 Å². The van der Waals surface area contributed by atoms with Gasteiger partial charge in [-0.25, -0.2) is 4.79 Å². The molecule has 0 spiro atoms. The number of hydrogen-bond donors (Lipinski definition) is 0. The second-order valence-electron chi connectivity index (χ2n) is 8.37. The highest BCUT2D eigenvalue weighted by Crippen LogP contribution is 2.25. The Bertz CT molecular complexity index is 832. The van der Waals surface area contributed by atoms with Crippen LogP contribution in [0.4, 0.5) is 0 Å². The normalized spacial score (nSPS) is 19.0. The van der Waals surface area contributed by atoms with E-state index in [9.17, 15) is 19.2 Å². The van der Waals surface area contributed by atoms with Gasteiger partial charge in [0.15, 0.2) is 6.61 Å². The molecule has 2 aliphatic rings. The summed E-state index contributed by atoms with van der Waals surface area (Å²) in [6.45, 7) is 7.54. The number of nitrogens with zero attached hydrogens (tertiary/aromatic N) is 2. The number of ether oxygens (including phenoxy) is 1. The molecule has 29 heavy (non-hydrogen) atoms. The summed E-state index contributed by atoms with van der Waals surface area (Å²) in [5, 5.41) is 0. The standard InChI is InChI=1S/C22H28N2O5/c1-14(2)8-10-24-20(26)17-7-6-16(11-18(17)21(24)27)22(28)29-13-19(25)23-9-4-5-15(3)12-23/h6-7,11,14-15H,4-5,8-10,12-13H2,1-3H3/t15-/m0/s1. The van der Waals surface area contributed by atoms with Gasteiger partial charge < -0.3 is 9.64 Å². The average Bonchev–Trinajstić information content (AvgIpc) is 2.93. The van der Waals surface area contributed by atoms with Gasteiger partial charge in [0.2, 0.25) is 0 Å². The van der Waals surface area contributed by atoms with Crippen LogP contribution in [0.25, 0.3) is 0 Å². The number of carbonyl (C=O) groups excluding carboxylic acids is 4. The third kappa shape index (κ3) is 4.66. The average molecular weight is 400 g/mol. The maximum Gasteiger partial charge on any atom is 0.338 e. The van der Waals surface area contributed by atoms with E-state index in [2.05, 4.69) is 6.92 Å². The van der Waals surface area contributed by atoms with E-state index in [-0.39, 0.29) is 29.5 Å². The minimum Gasteiger partial charge on any atom is -0.452 e. The van der Waals surface area contributed by atoms with Gasteiger partial charge in [-0.3, -0.25) is 19.3 Å². The summed E-state index contributed by atoms with van der Waals surface area (Å²) < 4.78 is 5.17. The Kier molecular flexibility index (Phi) is 6.35. The SMILES string of the molecule is CC(C)CCN1C(=O)c2ccc(C(=O)OCC(=O)N3CCC[C@H](C)C3)cc2C1=O. The third-order valence-electron chi connectivity index (χ3n) is 5.47. The molecule has 3 rings (SSSR count). The fraction of sp³-hybridized carbons (Fsp3) is 0.545. The molecule has 0 radical (unpaired) electrons. The van der Waals surface area contributed by atoms with Crippen molar-refractivity contribution >= 4 is 23.7 Å². The van der Waals surface area contributed by atoms with Gasteiger partial charge in [-0.2, -0.15) is 0 Å². The van der Waals surface area contributed by atoms with Crippen LogP contribution >= 0.6 is 0 Å². The number of fused-ring (bicyclic) bond motifs is 1. The van der Waals surface area contributed by atoms with Gasteiger partial charge in [-0.15, -0.1) is 0 Å². The molecule has 0 saturated carbocycles. The van der Waals surface area contributed by atoms with Crippen molar-refractivity contribution in [2.75, 3.05) is 26.2 Å². The highest BCUT2D eigenvalue weighted by atomic mass is 16.5. The molecule has 156 valence electrons. The van der Waals surface area contributed by atoms with E-state index < -0.39 is 11.9 Å². The molecule has 7 nitrogen and oxygen atoms in total. The molecule has 0 aliphatic carbocycles. The number of piperidine rings is 1. The van der Waals surface area contributed by atoms with Crippen LogP contribution in [0.3, 0.4) is 0 Å². The Balaban J connectivity index is 1.63. The van der Waals surface area contributed by atoms with Crippen molar-refractivity contribution in [3.8, 4) is 0 Å². The topological polar surface area (TPSA) is 84.0 Å². The molecule has 1 saturated heterocycles. The summed E-state index contributed by atoms with van der Waals surface area (Å²) in [5.74, 6) is -0.796. The molecule has 7 heteroatoms. The van der Waals surface area contributed by atoms with Crippen molar-refractivity contribution in [1.82, 2.24) is 9.80 Å². The maximum absolute atomic E-state index is 12.6. The summed E-state index contributed by atoms with van der Waals surface area (Å²) in [7, 11) is 0. The quantitative estimate of drug-likeness (QED) is 0.542. The lowest BCUT2D eigenvalue weighted by Gasteiger charge is -2.30. The fourth-order valence-electron chi connectivity index (χ4n) is 3.73. The van der Waals surface area contributed by atoms with Crippen LogP contribution in [0, 0.1) is 11.8 Å². The first-order valence-electron chi connectivity index (χ1n) is 10.2. The van der Waals surface area contributed by atoms with Crippen molar-refractivity contribution in [1.29, 1.82) is 0 Å². The van der Waals surface area contributed by atoms with Crippen molar-refractivity contribution in [3.05, 3.63) is 34.9 Å². The first kappa shape index (κ1) is 21.0. The van der Waals surface area contributed by atoms with Gasteiger partial charge in [-0.1, -0.05) is 20.8 Å². The highest BCUT2D eigenvalue weighted by molar-refractivity contribution is 6.22. The van der Waals surface area contributed by atoms with Crippen LogP contribution in [-0.4, -0.2) is 59.7 Å². The Hall–Kier alpha value is -2.70. The van der Waals surface area contributed by atoms with Crippen molar-refractivity contribution in [2.45, 2.75) is 40.0 Å². The lowest BCUT2D eigenvalue weighted by molar-refractivity contribution is -0.136. The maximum atomic E-state index is 12.6. The number of amides is 3. The summed E-state index contributed by atoms with van der Waals surface area (Å²) in [6, 6.07) is 4.34. The predicted molar refractivity (Wildman–Crippen MR) is 107 cm³/mol. The molecule has 3 amide bonds. The van der Waals surface area contributed by atoms with Crippen LogP contribution < -0.4 is 0 Å². The Morgan fingerprint density at radius 2 is 1.90 bits per heavy atom. The molecule has 0 bridgehead atoms. The molecule has 2 heterocycles. The third-order valence-corrected chi connectivity index (χ3v) is 5.47. The molecule has 0 N–H and O–H groups in total. The van der Waals surface area contributed by atoms with Gasteiger partial charge in [0.25, 0.3) is 17.7 Å². The Morgan fingerprint density at radius 1 is 1.17 bits per heavy atom. The molecular weight excluding hydrogens is 372 g/mol. The number of carbonyl (C=O) groups is 4. The van der Waals surface area contributed by atoms with Gasteiger partial charge in [0.1, 0.15) is 0 Å². The van der Waals surface area contributed by atoms with Crippen LogP contribution in [0.15, 0.2) is 18.2 Å². The Labute approximate surface area is 171 Å². The summed E-state index contributed by atoms with van der Waals surface area (Å²) in [4.78, 5) is 52.6. The number of rotatable bonds is 6. The number of benzene rings is 1. The summed E-state index contributed by atoms with van der Waals surface area (Å²) in [5.41, 5.74) is 0.675. The van der Waals surface area contributed by atoms with E-state index in [0.29, 0.717) is 37.0 Å².